The maximum absolute atomic E-state index is 12.7. The summed E-state index contributed by atoms with van der Waals surface area (Å²) in [7, 11) is 0. The molecule has 2 amide bonds. The van der Waals surface area contributed by atoms with Crippen LogP contribution >= 0.6 is 0 Å². The minimum Gasteiger partial charge on any atom is -0.483 e. The van der Waals surface area contributed by atoms with Gasteiger partial charge in [0.1, 0.15) is 5.75 Å². The first-order chi connectivity index (χ1) is 15.7. The molecular weight excluding hydrogens is 400 g/mol. The molecule has 164 valence electrons. The van der Waals surface area contributed by atoms with Crippen LogP contribution in [0.3, 0.4) is 0 Å². The van der Waals surface area contributed by atoms with E-state index in [2.05, 4.69) is 22.8 Å². The molecule has 0 radical (unpaired) electrons. The third kappa shape index (κ3) is 5.17. The van der Waals surface area contributed by atoms with Gasteiger partial charge in [-0.15, -0.1) is 0 Å². The molecule has 0 unspecified atom stereocenters. The van der Waals surface area contributed by atoms with Gasteiger partial charge in [0.05, 0.1) is 5.56 Å². The predicted molar refractivity (Wildman–Crippen MR) is 125 cm³/mol. The van der Waals surface area contributed by atoms with E-state index in [-0.39, 0.29) is 23.8 Å². The first-order valence-electron chi connectivity index (χ1n) is 11.0. The number of carbonyl (C=O) groups excluding carboxylic acids is 2. The molecule has 5 heteroatoms. The zero-order chi connectivity index (χ0) is 22.2. The lowest BCUT2D eigenvalue weighted by molar-refractivity contribution is -0.123. The van der Waals surface area contributed by atoms with Gasteiger partial charge in [-0.25, -0.2) is 0 Å². The number of ether oxygens (including phenoxy) is 1. The summed E-state index contributed by atoms with van der Waals surface area (Å²) >= 11 is 0. The van der Waals surface area contributed by atoms with Crippen LogP contribution in [-0.4, -0.2) is 25.0 Å². The van der Waals surface area contributed by atoms with Gasteiger partial charge in [0.2, 0.25) is 0 Å². The van der Waals surface area contributed by atoms with Crippen molar-refractivity contribution in [3.8, 4) is 5.75 Å². The molecule has 3 aromatic rings. The summed E-state index contributed by atoms with van der Waals surface area (Å²) in [5.74, 6) is -0.0244. The molecule has 1 fully saturated rings. The Kier molecular flexibility index (Phi) is 6.85. The molecule has 0 spiro atoms. The fourth-order valence-electron chi connectivity index (χ4n) is 4.08. The van der Waals surface area contributed by atoms with Crippen molar-refractivity contribution in [2.45, 2.75) is 31.2 Å². The zero-order valence-corrected chi connectivity index (χ0v) is 18.1. The zero-order valence-electron chi connectivity index (χ0n) is 18.1. The number of nitrogens with one attached hydrogen (secondary N) is 2. The standard InChI is InChI=1S/C27H28N2O3/c30-25(29-20-27(16-9-17-27)22-12-5-2-6-13-22)19-32-24-15-8-7-14-23(24)26(31)28-18-21-10-3-1-4-11-21/h1-8,10-15H,9,16-20H2,(H,28,31)(H,29,30). The van der Waals surface area contributed by atoms with Gasteiger partial charge in [0.15, 0.2) is 6.61 Å². The number of amides is 2. The quantitative estimate of drug-likeness (QED) is 0.536. The number of carbonyl (C=O) groups is 2. The second kappa shape index (κ2) is 10.1. The molecule has 1 saturated carbocycles. The molecule has 0 bridgehead atoms. The normalized spacial score (nSPS) is 14.1. The van der Waals surface area contributed by atoms with Crippen molar-refractivity contribution < 1.29 is 14.3 Å². The predicted octanol–water partition coefficient (Wildman–Crippen LogP) is 4.23. The van der Waals surface area contributed by atoms with Gasteiger partial charge >= 0.3 is 0 Å². The van der Waals surface area contributed by atoms with Gasteiger partial charge in [0, 0.05) is 18.5 Å². The van der Waals surface area contributed by atoms with Crippen LogP contribution in [0.2, 0.25) is 0 Å². The maximum atomic E-state index is 12.7. The van der Waals surface area contributed by atoms with E-state index in [9.17, 15) is 9.59 Å². The van der Waals surface area contributed by atoms with Crippen LogP contribution in [-0.2, 0) is 16.8 Å². The SMILES string of the molecule is O=C(COc1ccccc1C(=O)NCc1ccccc1)NCC1(c2ccccc2)CCC1. The second-order valence-corrected chi connectivity index (χ2v) is 8.23. The summed E-state index contributed by atoms with van der Waals surface area (Å²) in [6, 6.07) is 27.1. The lowest BCUT2D eigenvalue weighted by atomic mass is 9.64. The molecule has 3 aromatic carbocycles. The lowest BCUT2D eigenvalue weighted by Crippen LogP contribution is -2.46. The Bertz CT molecular complexity index is 1050. The minimum absolute atomic E-state index is 0.0200. The summed E-state index contributed by atoms with van der Waals surface area (Å²) in [5.41, 5.74) is 2.72. The third-order valence-corrected chi connectivity index (χ3v) is 6.11. The van der Waals surface area contributed by atoms with Crippen LogP contribution in [0, 0.1) is 0 Å². The highest BCUT2D eigenvalue weighted by molar-refractivity contribution is 5.97. The van der Waals surface area contributed by atoms with E-state index >= 15 is 0 Å². The smallest absolute Gasteiger partial charge is 0.257 e. The van der Waals surface area contributed by atoms with Crippen molar-refractivity contribution >= 4 is 11.8 Å². The maximum Gasteiger partial charge on any atom is 0.257 e. The largest absolute Gasteiger partial charge is 0.483 e. The molecule has 0 aromatic heterocycles. The van der Waals surface area contributed by atoms with E-state index in [1.54, 1.807) is 24.3 Å². The number of benzene rings is 3. The first-order valence-corrected chi connectivity index (χ1v) is 11.0. The Morgan fingerprint density at radius 2 is 1.47 bits per heavy atom. The van der Waals surface area contributed by atoms with Crippen LogP contribution in [0.25, 0.3) is 0 Å². The summed E-state index contributed by atoms with van der Waals surface area (Å²) in [6.07, 6.45) is 3.32. The van der Waals surface area contributed by atoms with E-state index in [4.69, 9.17) is 4.74 Å². The summed E-state index contributed by atoms with van der Waals surface area (Å²) < 4.78 is 5.72. The average Bonchev–Trinajstić information content (AvgIpc) is 2.82. The van der Waals surface area contributed by atoms with Crippen LogP contribution in [0.15, 0.2) is 84.9 Å². The Balaban J connectivity index is 1.31. The van der Waals surface area contributed by atoms with Crippen molar-refractivity contribution in [1.82, 2.24) is 10.6 Å². The molecule has 4 rings (SSSR count). The number of hydrogen-bond acceptors (Lipinski definition) is 3. The Morgan fingerprint density at radius 1 is 0.812 bits per heavy atom. The number of hydrogen-bond donors (Lipinski definition) is 2. The molecule has 0 heterocycles. The molecule has 32 heavy (non-hydrogen) atoms. The average molecular weight is 429 g/mol. The monoisotopic (exact) mass is 428 g/mol. The Labute approximate surface area is 188 Å². The molecule has 2 N–H and O–H groups in total. The Morgan fingerprint density at radius 3 is 2.16 bits per heavy atom. The van der Waals surface area contributed by atoms with Gasteiger partial charge in [0.25, 0.3) is 11.8 Å². The topological polar surface area (TPSA) is 67.4 Å². The van der Waals surface area contributed by atoms with Crippen molar-refractivity contribution in [2.75, 3.05) is 13.2 Å². The van der Waals surface area contributed by atoms with Crippen LogP contribution < -0.4 is 15.4 Å². The molecule has 5 nitrogen and oxygen atoms in total. The fraction of sp³-hybridized carbons (Fsp3) is 0.259. The lowest BCUT2D eigenvalue weighted by Gasteiger charge is -2.42. The van der Waals surface area contributed by atoms with E-state index in [0.29, 0.717) is 24.4 Å². The van der Waals surface area contributed by atoms with Crippen LogP contribution in [0.4, 0.5) is 0 Å². The van der Waals surface area contributed by atoms with Gasteiger partial charge in [-0.1, -0.05) is 79.2 Å². The highest BCUT2D eigenvalue weighted by Gasteiger charge is 2.38. The van der Waals surface area contributed by atoms with E-state index in [1.807, 2.05) is 48.5 Å². The second-order valence-electron chi connectivity index (χ2n) is 8.23. The van der Waals surface area contributed by atoms with Crippen LogP contribution in [0.1, 0.15) is 40.7 Å². The van der Waals surface area contributed by atoms with Gasteiger partial charge in [-0.2, -0.15) is 0 Å². The molecular formula is C27H28N2O3. The summed E-state index contributed by atoms with van der Waals surface area (Å²) in [6.45, 7) is 0.891. The third-order valence-electron chi connectivity index (χ3n) is 6.11. The Hall–Kier alpha value is -3.60. The van der Waals surface area contributed by atoms with E-state index < -0.39 is 0 Å². The van der Waals surface area contributed by atoms with Crippen molar-refractivity contribution in [1.29, 1.82) is 0 Å². The van der Waals surface area contributed by atoms with Crippen LogP contribution in [0.5, 0.6) is 5.75 Å². The van der Waals surface area contributed by atoms with Crippen molar-refractivity contribution in [3.05, 3.63) is 102 Å². The van der Waals surface area contributed by atoms with E-state index in [0.717, 1.165) is 18.4 Å². The molecule has 0 atom stereocenters. The number of rotatable bonds is 9. The van der Waals surface area contributed by atoms with Gasteiger partial charge in [-0.05, 0) is 36.1 Å². The molecule has 0 aliphatic heterocycles. The molecule has 0 saturated heterocycles. The van der Waals surface area contributed by atoms with Crippen molar-refractivity contribution in [2.24, 2.45) is 0 Å². The molecule has 1 aliphatic carbocycles. The number of para-hydroxylation sites is 1. The van der Waals surface area contributed by atoms with Gasteiger partial charge < -0.3 is 15.4 Å². The highest BCUT2D eigenvalue weighted by Crippen LogP contribution is 2.43. The first kappa shape index (κ1) is 21.6. The van der Waals surface area contributed by atoms with Gasteiger partial charge in [-0.3, -0.25) is 9.59 Å². The molecule has 1 aliphatic rings. The highest BCUT2D eigenvalue weighted by atomic mass is 16.5. The summed E-state index contributed by atoms with van der Waals surface area (Å²) in [4.78, 5) is 25.1. The fourth-order valence-corrected chi connectivity index (χ4v) is 4.08. The van der Waals surface area contributed by atoms with Crippen molar-refractivity contribution in [3.63, 3.8) is 0 Å². The summed E-state index contributed by atoms with van der Waals surface area (Å²) in [5, 5.41) is 5.93. The minimum atomic E-state index is -0.234. The van der Waals surface area contributed by atoms with E-state index in [1.165, 1.54) is 12.0 Å².